The lowest BCUT2D eigenvalue weighted by Gasteiger charge is -2.13. The number of aromatic nitrogens is 1. The minimum absolute atomic E-state index is 0.175. The van der Waals surface area contributed by atoms with Crippen molar-refractivity contribution < 1.29 is 0 Å². The van der Waals surface area contributed by atoms with Crippen LogP contribution < -0.4 is 0 Å². The maximum atomic E-state index is 6.54. The Kier molecular flexibility index (Phi) is 4.14. The number of nitrogens with zero attached hydrogens (tertiary/aromatic N) is 1. The van der Waals surface area contributed by atoms with Crippen LogP contribution in [0.2, 0.25) is 5.02 Å². The molecule has 0 fully saturated rings. The lowest BCUT2D eigenvalue weighted by Crippen LogP contribution is -2.00. The molecule has 0 spiro atoms. The van der Waals surface area contributed by atoms with Crippen molar-refractivity contribution in [1.82, 2.24) is 4.98 Å². The number of hydrogen-bond acceptors (Lipinski definition) is 1. The summed E-state index contributed by atoms with van der Waals surface area (Å²) in [4.78, 5) is 4.67. The Labute approximate surface area is 134 Å². The average molecular weight is 316 g/mol. The molecule has 1 atom stereocenters. The van der Waals surface area contributed by atoms with Crippen LogP contribution in [0.25, 0.3) is 10.9 Å². The van der Waals surface area contributed by atoms with Crippen molar-refractivity contribution in [2.45, 2.75) is 18.7 Å². The summed E-state index contributed by atoms with van der Waals surface area (Å²) < 4.78 is 0. The van der Waals surface area contributed by atoms with Crippen molar-refractivity contribution in [3.8, 4) is 0 Å². The predicted molar refractivity (Wildman–Crippen MR) is 90.2 cm³/mol. The normalized spacial score (nSPS) is 12.5. The molecule has 0 amide bonds. The first-order chi connectivity index (χ1) is 10.1. The third-order valence-corrected chi connectivity index (χ3v) is 4.51. The quantitative estimate of drug-likeness (QED) is 0.563. The minimum Gasteiger partial charge on any atom is -0.253 e. The largest absolute Gasteiger partial charge is 0.253 e. The molecule has 0 aliphatic rings. The van der Waals surface area contributed by atoms with Gasteiger partial charge in [0.2, 0.25) is 0 Å². The highest BCUT2D eigenvalue weighted by molar-refractivity contribution is 6.33. The molecule has 3 aromatic rings. The maximum Gasteiger partial charge on any atom is 0.0705 e. The number of pyridine rings is 1. The summed E-state index contributed by atoms with van der Waals surface area (Å²) in [5.41, 5.74) is 3.99. The third-order valence-electron chi connectivity index (χ3n) is 3.60. The Hall–Kier alpha value is -1.57. The van der Waals surface area contributed by atoms with E-state index in [-0.39, 0.29) is 5.38 Å². The predicted octanol–water partition coefficient (Wildman–Crippen LogP) is 5.72. The SMILES string of the molecule is Cc1cccc(C(Cl)Cc2ccc3ccccc3n2)c1Cl. The fourth-order valence-electron chi connectivity index (χ4n) is 2.43. The summed E-state index contributed by atoms with van der Waals surface area (Å²) in [5, 5.41) is 1.71. The molecule has 21 heavy (non-hydrogen) atoms. The van der Waals surface area contributed by atoms with Crippen molar-refractivity contribution in [2.24, 2.45) is 0 Å². The molecule has 0 N–H and O–H groups in total. The van der Waals surface area contributed by atoms with Crippen LogP contribution >= 0.6 is 23.2 Å². The van der Waals surface area contributed by atoms with E-state index in [2.05, 4.69) is 17.1 Å². The van der Waals surface area contributed by atoms with E-state index >= 15 is 0 Å². The second-order valence-corrected chi connectivity index (χ2v) is 6.05. The highest BCUT2D eigenvalue weighted by Crippen LogP contribution is 2.32. The molecule has 2 aromatic carbocycles. The molecular formula is C18H15Cl2N. The van der Waals surface area contributed by atoms with Gasteiger partial charge in [-0.2, -0.15) is 0 Å². The van der Waals surface area contributed by atoms with E-state index in [1.54, 1.807) is 0 Å². The Morgan fingerprint density at radius 2 is 1.81 bits per heavy atom. The number of fused-ring (bicyclic) bond motifs is 1. The van der Waals surface area contributed by atoms with Crippen LogP contribution in [0.4, 0.5) is 0 Å². The summed E-state index contributed by atoms with van der Waals surface area (Å²) in [7, 11) is 0. The number of rotatable bonds is 3. The zero-order valence-corrected chi connectivity index (χ0v) is 13.2. The highest BCUT2D eigenvalue weighted by atomic mass is 35.5. The first-order valence-corrected chi connectivity index (χ1v) is 7.70. The van der Waals surface area contributed by atoms with Gasteiger partial charge in [0, 0.05) is 22.5 Å². The molecule has 1 aromatic heterocycles. The first-order valence-electron chi connectivity index (χ1n) is 6.89. The average Bonchev–Trinajstić information content (AvgIpc) is 2.50. The Bertz CT molecular complexity index is 783. The number of para-hydroxylation sites is 1. The zero-order chi connectivity index (χ0) is 14.8. The second kappa shape index (κ2) is 6.05. The van der Waals surface area contributed by atoms with Gasteiger partial charge in [0.15, 0.2) is 0 Å². The van der Waals surface area contributed by atoms with Crippen molar-refractivity contribution in [3.63, 3.8) is 0 Å². The van der Waals surface area contributed by atoms with Crippen molar-refractivity contribution in [1.29, 1.82) is 0 Å². The number of benzene rings is 2. The molecule has 3 rings (SSSR count). The van der Waals surface area contributed by atoms with Gasteiger partial charge in [0.05, 0.1) is 10.9 Å². The Balaban J connectivity index is 1.89. The van der Waals surface area contributed by atoms with E-state index in [4.69, 9.17) is 23.2 Å². The Morgan fingerprint density at radius 3 is 2.67 bits per heavy atom. The van der Waals surface area contributed by atoms with Gasteiger partial charge in [0.25, 0.3) is 0 Å². The molecule has 3 heteroatoms. The molecule has 1 nitrogen and oxygen atoms in total. The number of halogens is 2. The molecule has 0 saturated carbocycles. The number of aryl methyl sites for hydroxylation is 1. The molecule has 1 unspecified atom stereocenters. The lowest BCUT2D eigenvalue weighted by molar-refractivity contribution is 0.887. The van der Waals surface area contributed by atoms with Crippen LogP contribution in [-0.2, 0) is 6.42 Å². The van der Waals surface area contributed by atoms with Gasteiger partial charge in [-0.05, 0) is 30.2 Å². The van der Waals surface area contributed by atoms with E-state index in [0.717, 1.165) is 32.7 Å². The molecule has 0 saturated heterocycles. The van der Waals surface area contributed by atoms with Crippen molar-refractivity contribution in [2.75, 3.05) is 0 Å². The van der Waals surface area contributed by atoms with Gasteiger partial charge in [0.1, 0.15) is 0 Å². The lowest BCUT2D eigenvalue weighted by atomic mass is 10.0. The topological polar surface area (TPSA) is 12.9 Å². The van der Waals surface area contributed by atoms with E-state index in [9.17, 15) is 0 Å². The van der Waals surface area contributed by atoms with Gasteiger partial charge < -0.3 is 0 Å². The van der Waals surface area contributed by atoms with Crippen LogP contribution in [0.15, 0.2) is 54.6 Å². The Morgan fingerprint density at radius 1 is 1.00 bits per heavy atom. The van der Waals surface area contributed by atoms with Crippen molar-refractivity contribution in [3.05, 3.63) is 76.4 Å². The van der Waals surface area contributed by atoms with Crippen LogP contribution in [0.3, 0.4) is 0 Å². The summed E-state index contributed by atoms with van der Waals surface area (Å²) in [6.45, 7) is 1.99. The highest BCUT2D eigenvalue weighted by Gasteiger charge is 2.14. The number of hydrogen-bond donors (Lipinski definition) is 0. The standard InChI is InChI=1S/C18H15Cl2N/c1-12-5-4-7-15(18(12)20)16(19)11-14-10-9-13-6-2-3-8-17(13)21-14/h2-10,16H,11H2,1H3. The van der Waals surface area contributed by atoms with Gasteiger partial charge in [-0.1, -0.05) is 54.1 Å². The molecule has 1 heterocycles. The summed E-state index contributed by atoms with van der Waals surface area (Å²) >= 11 is 12.9. The first kappa shape index (κ1) is 14.4. The third kappa shape index (κ3) is 3.04. The summed E-state index contributed by atoms with van der Waals surface area (Å²) in [5.74, 6) is 0. The molecule has 0 bridgehead atoms. The molecular weight excluding hydrogens is 301 g/mol. The summed E-state index contributed by atoms with van der Waals surface area (Å²) in [6, 6.07) is 18.1. The van der Waals surface area contributed by atoms with E-state index in [1.807, 2.05) is 49.4 Å². The monoisotopic (exact) mass is 315 g/mol. The van der Waals surface area contributed by atoms with Gasteiger partial charge >= 0.3 is 0 Å². The molecule has 0 aliphatic heterocycles. The molecule has 0 radical (unpaired) electrons. The van der Waals surface area contributed by atoms with E-state index in [1.165, 1.54) is 0 Å². The van der Waals surface area contributed by atoms with Gasteiger partial charge in [-0.15, -0.1) is 11.6 Å². The van der Waals surface area contributed by atoms with E-state index < -0.39 is 0 Å². The maximum absolute atomic E-state index is 6.54. The number of alkyl halides is 1. The minimum atomic E-state index is -0.175. The van der Waals surface area contributed by atoms with Gasteiger partial charge in [-0.3, -0.25) is 4.98 Å². The van der Waals surface area contributed by atoms with E-state index in [0.29, 0.717) is 6.42 Å². The van der Waals surface area contributed by atoms with Crippen LogP contribution in [-0.4, -0.2) is 4.98 Å². The fourth-order valence-corrected chi connectivity index (χ4v) is 3.08. The summed E-state index contributed by atoms with van der Waals surface area (Å²) in [6.07, 6.45) is 0.662. The van der Waals surface area contributed by atoms with Crippen molar-refractivity contribution >= 4 is 34.1 Å². The molecule has 106 valence electrons. The van der Waals surface area contributed by atoms with Gasteiger partial charge in [-0.25, -0.2) is 0 Å². The zero-order valence-electron chi connectivity index (χ0n) is 11.7. The second-order valence-electron chi connectivity index (χ2n) is 5.15. The fraction of sp³-hybridized carbons (Fsp3) is 0.167. The van der Waals surface area contributed by atoms with Crippen LogP contribution in [0.1, 0.15) is 22.2 Å². The van der Waals surface area contributed by atoms with Crippen LogP contribution in [0.5, 0.6) is 0 Å². The smallest absolute Gasteiger partial charge is 0.0705 e. The van der Waals surface area contributed by atoms with Crippen LogP contribution in [0, 0.1) is 6.92 Å². The molecule has 0 aliphatic carbocycles.